The van der Waals surface area contributed by atoms with E-state index in [4.69, 9.17) is 9.47 Å². The van der Waals surface area contributed by atoms with Gasteiger partial charge in [-0.1, -0.05) is 13.3 Å². The van der Waals surface area contributed by atoms with Gasteiger partial charge in [0.15, 0.2) is 11.5 Å². The average molecular weight is 333 g/mol. The SMILES string of the molecule is CCCC(NC(=O)c1ccc2c(c1)OCO2)C(=O)N1CCNCC1. The van der Waals surface area contributed by atoms with Crippen molar-refractivity contribution in [2.24, 2.45) is 0 Å². The summed E-state index contributed by atoms with van der Waals surface area (Å²) in [6.45, 7) is 5.12. The van der Waals surface area contributed by atoms with Crippen molar-refractivity contribution in [2.75, 3.05) is 33.0 Å². The number of nitrogens with zero attached hydrogens (tertiary/aromatic N) is 1. The molecule has 24 heavy (non-hydrogen) atoms. The standard InChI is InChI=1S/C17H23N3O4/c1-2-3-13(17(22)20-8-6-18-7-9-20)19-16(21)12-4-5-14-15(10-12)24-11-23-14/h4-5,10,13,18H,2-3,6-9,11H2,1H3,(H,19,21). The van der Waals surface area contributed by atoms with Crippen LogP contribution in [0.1, 0.15) is 30.1 Å². The van der Waals surface area contributed by atoms with E-state index in [2.05, 4.69) is 10.6 Å². The zero-order valence-corrected chi connectivity index (χ0v) is 13.8. The predicted molar refractivity (Wildman–Crippen MR) is 88.2 cm³/mol. The number of hydrogen-bond donors (Lipinski definition) is 2. The first kappa shape index (κ1) is 16.6. The van der Waals surface area contributed by atoms with Gasteiger partial charge in [0.05, 0.1) is 0 Å². The molecule has 2 N–H and O–H groups in total. The summed E-state index contributed by atoms with van der Waals surface area (Å²) in [6, 6.07) is 4.55. The topological polar surface area (TPSA) is 79.9 Å². The van der Waals surface area contributed by atoms with Gasteiger partial charge in [0.2, 0.25) is 12.7 Å². The summed E-state index contributed by atoms with van der Waals surface area (Å²) >= 11 is 0. The molecule has 130 valence electrons. The lowest BCUT2D eigenvalue weighted by molar-refractivity contribution is -0.134. The van der Waals surface area contributed by atoms with Crippen LogP contribution in [0.3, 0.4) is 0 Å². The highest BCUT2D eigenvalue weighted by atomic mass is 16.7. The van der Waals surface area contributed by atoms with E-state index in [1.165, 1.54) is 0 Å². The maximum Gasteiger partial charge on any atom is 0.252 e. The number of amides is 2. The van der Waals surface area contributed by atoms with Crippen LogP contribution in [0.2, 0.25) is 0 Å². The van der Waals surface area contributed by atoms with Crippen molar-refractivity contribution in [1.82, 2.24) is 15.5 Å². The molecule has 2 aliphatic rings. The monoisotopic (exact) mass is 333 g/mol. The van der Waals surface area contributed by atoms with E-state index in [0.717, 1.165) is 19.5 Å². The smallest absolute Gasteiger partial charge is 0.252 e. The summed E-state index contributed by atoms with van der Waals surface area (Å²) in [6.07, 6.45) is 1.45. The second-order valence-corrected chi connectivity index (χ2v) is 5.96. The molecule has 3 rings (SSSR count). The lowest BCUT2D eigenvalue weighted by atomic mass is 10.1. The highest BCUT2D eigenvalue weighted by molar-refractivity contribution is 5.98. The van der Waals surface area contributed by atoms with Crippen LogP contribution in [0.25, 0.3) is 0 Å². The molecule has 7 heteroatoms. The Kier molecular flexibility index (Phi) is 5.20. The minimum atomic E-state index is -0.494. The van der Waals surface area contributed by atoms with Crippen LogP contribution < -0.4 is 20.1 Å². The van der Waals surface area contributed by atoms with Gasteiger partial charge >= 0.3 is 0 Å². The number of ether oxygens (including phenoxy) is 2. The van der Waals surface area contributed by atoms with Crippen LogP contribution in [-0.4, -0.2) is 55.7 Å². The summed E-state index contributed by atoms with van der Waals surface area (Å²) in [4.78, 5) is 27.0. The van der Waals surface area contributed by atoms with Crippen LogP contribution >= 0.6 is 0 Å². The quantitative estimate of drug-likeness (QED) is 0.831. The molecule has 1 unspecified atom stereocenters. The third kappa shape index (κ3) is 3.62. The van der Waals surface area contributed by atoms with Gasteiger partial charge < -0.3 is 25.0 Å². The number of carbonyl (C=O) groups excluding carboxylic acids is 2. The summed E-state index contributed by atoms with van der Waals surface area (Å²) in [5.41, 5.74) is 0.466. The Morgan fingerprint density at radius 3 is 2.75 bits per heavy atom. The first-order chi connectivity index (χ1) is 11.7. The minimum absolute atomic E-state index is 0.00700. The van der Waals surface area contributed by atoms with Gasteiger partial charge in [0.1, 0.15) is 6.04 Å². The lowest BCUT2D eigenvalue weighted by Crippen LogP contribution is -2.54. The number of fused-ring (bicyclic) bond motifs is 1. The van der Waals surface area contributed by atoms with Crippen LogP contribution in [0.5, 0.6) is 11.5 Å². The molecule has 2 aliphatic heterocycles. The minimum Gasteiger partial charge on any atom is -0.454 e. The summed E-state index contributed by atoms with van der Waals surface area (Å²) in [7, 11) is 0. The zero-order valence-electron chi connectivity index (χ0n) is 13.8. The fraction of sp³-hybridized carbons (Fsp3) is 0.529. The maximum absolute atomic E-state index is 12.7. The van der Waals surface area contributed by atoms with Crippen LogP contribution in [0.4, 0.5) is 0 Å². The Bertz CT molecular complexity index is 614. The molecule has 0 saturated carbocycles. The van der Waals surface area contributed by atoms with Crippen LogP contribution in [-0.2, 0) is 4.79 Å². The van der Waals surface area contributed by atoms with Gasteiger partial charge in [-0.05, 0) is 24.6 Å². The molecule has 1 saturated heterocycles. The molecule has 0 aromatic heterocycles. The molecule has 2 amide bonds. The van der Waals surface area contributed by atoms with Crippen molar-refractivity contribution in [2.45, 2.75) is 25.8 Å². The first-order valence-corrected chi connectivity index (χ1v) is 8.39. The third-order valence-corrected chi connectivity index (χ3v) is 4.24. The second kappa shape index (κ2) is 7.53. The molecule has 0 spiro atoms. The summed E-state index contributed by atoms with van der Waals surface area (Å²) < 4.78 is 10.5. The number of carbonyl (C=O) groups is 2. The van der Waals surface area contributed by atoms with Crippen molar-refractivity contribution in [3.05, 3.63) is 23.8 Å². The van der Waals surface area contributed by atoms with Crippen LogP contribution in [0.15, 0.2) is 18.2 Å². The normalized spacial score (nSPS) is 17.5. The number of hydrogen-bond acceptors (Lipinski definition) is 5. The zero-order chi connectivity index (χ0) is 16.9. The Hall–Kier alpha value is -2.28. The molecule has 7 nitrogen and oxygen atoms in total. The van der Waals surface area contributed by atoms with E-state index in [1.54, 1.807) is 18.2 Å². The fourth-order valence-corrected chi connectivity index (χ4v) is 2.93. The van der Waals surface area contributed by atoms with E-state index >= 15 is 0 Å². The molecule has 2 heterocycles. The van der Waals surface area contributed by atoms with Gasteiger partial charge in [-0.15, -0.1) is 0 Å². The third-order valence-electron chi connectivity index (χ3n) is 4.24. The van der Waals surface area contributed by atoms with Gasteiger partial charge in [-0.25, -0.2) is 0 Å². The van der Waals surface area contributed by atoms with Crippen LogP contribution in [0, 0.1) is 0 Å². The molecule has 1 aromatic rings. The van der Waals surface area contributed by atoms with Gasteiger partial charge in [-0.2, -0.15) is 0 Å². The number of piperazine rings is 1. The van der Waals surface area contributed by atoms with Gasteiger partial charge in [-0.3, -0.25) is 9.59 Å². The molecule has 1 fully saturated rings. The molecular formula is C17H23N3O4. The van der Waals surface area contributed by atoms with Gasteiger partial charge in [0, 0.05) is 31.7 Å². The van der Waals surface area contributed by atoms with Crippen molar-refractivity contribution in [3.63, 3.8) is 0 Å². The van der Waals surface area contributed by atoms with E-state index in [0.29, 0.717) is 36.6 Å². The maximum atomic E-state index is 12.7. The Morgan fingerprint density at radius 1 is 1.25 bits per heavy atom. The predicted octanol–water partition coefficient (Wildman–Crippen LogP) is 0.746. The van der Waals surface area contributed by atoms with E-state index in [9.17, 15) is 9.59 Å². The van der Waals surface area contributed by atoms with E-state index in [1.807, 2.05) is 11.8 Å². The molecule has 1 atom stereocenters. The summed E-state index contributed by atoms with van der Waals surface area (Å²) in [5.74, 6) is 0.916. The van der Waals surface area contributed by atoms with E-state index in [-0.39, 0.29) is 18.6 Å². The highest BCUT2D eigenvalue weighted by Gasteiger charge is 2.27. The largest absolute Gasteiger partial charge is 0.454 e. The fourth-order valence-electron chi connectivity index (χ4n) is 2.93. The molecule has 0 bridgehead atoms. The van der Waals surface area contributed by atoms with E-state index < -0.39 is 6.04 Å². The Morgan fingerprint density at radius 2 is 2.00 bits per heavy atom. The van der Waals surface area contributed by atoms with Crippen molar-refractivity contribution < 1.29 is 19.1 Å². The van der Waals surface area contributed by atoms with Crippen molar-refractivity contribution in [3.8, 4) is 11.5 Å². The Labute approximate surface area is 141 Å². The summed E-state index contributed by atoms with van der Waals surface area (Å²) in [5, 5.41) is 6.10. The van der Waals surface area contributed by atoms with Crippen molar-refractivity contribution >= 4 is 11.8 Å². The molecule has 0 radical (unpaired) electrons. The van der Waals surface area contributed by atoms with Gasteiger partial charge in [0.25, 0.3) is 5.91 Å². The highest BCUT2D eigenvalue weighted by Crippen LogP contribution is 2.32. The number of rotatable bonds is 5. The van der Waals surface area contributed by atoms with Crippen molar-refractivity contribution in [1.29, 1.82) is 0 Å². The first-order valence-electron chi connectivity index (χ1n) is 8.39. The Balaban J connectivity index is 1.68. The molecule has 1 aromatic carbocycles. The number of nitrogens with one attached hydrogen (secondary N) is 2. The average Bonchev–Trinajstić information content (AvgIpc) is 3.09. The molecular weight excluding hydrogens is 310 g/mol. The lowest BCUT2D eigenvalue weighted by Gasteiger charge is -2.31. The second-order valence-electron chi connectivity index (χ2n) is 5.96. The number of benzene rings is 1. The molecule has 0 aliphatic carbocycles.